The van der Waals surface area contributed by atoms with Crippen LogP contribution in [0.3, 0.4) is 0 Å². The molecule has 2 aliphatic heterocycles. The van der Waals surface area contributed by atoms with Gasteiger partial charge in [0, 0.05) is 13.0 Å². The molecule has 4 amide bonds. The van der Waals surface area contributed by atoms with Gasteiger partial charge in [0.25, 0.3) is 23.6 Å². The Labute approximate surface area is 243 Å². The second kappa shape index (κ2) is 10.6. The Morgan fingerprint density at radius 2 is 1.32 bits per heavy atom. The van der Waals surface area contributed by atoms with Crippen molar-refractivity contribution in [3.8, 4) is 0 Å². The van der Waals surface area contributed by atoms with Gasteiger partial charge in [-0.1, -0.05) is 18.2 Å². The fourth-order valence-corrected chi connectivity index (χ4v) is 5.18. The fraction of sp³-hybridized carbons (Fsp3) is 0.207. The number of esters is 1. The lowest BCUT2D eigenvalue weighted by atomic mass is 9.71. The van der Waals surface area contributed by atoms with Gasteiger partial charge >= 0.3 is 18.3 Å². The van der Waals surface area contributed by atoms with Crippen LogP contribution in [0.2, 0.25) is 0 Å². The van der Waals surface area contributed by atoms with Crippen LogP contribution in [0.5, 0.6) is 0 Å². The van der Waals surface area contributed by atoms with Crippen molar-refractivity contribution in [2.75, 3.05) is 18.1 Å². The molecule has 2 aliphatic rings. The number of ether oxygens (including phenoxy) is 1. The maximum atomic E-state index is 14.8. The lowest BCUT2D eigenvalue weighted by Crippen LogP contribution is -2.55. The molecule has 9 nitrogen and oxygen atoms in total. The third-order valence-corrected chi connectivity index (χ3v) is 7.21. The fourth-order valence-electron chi connectivity index (χ4n) is 5.18. The van der Waals surface area contributed by atoms with E-state index >= 15 is 0 Å². The van der Waals surface area contributed by atoms with E-state index in [0.29, 0.717) is 41.3 Å². The summed E-state index contributed by atoms with van der Waals surface area (Å²) in [6, 6.07) is 7.69. The molecule has 15 heteroatoms. The highest BCUT2D eigenvalue weighted by atomic mass is 19.4. The van der Waals surface area contributed by atoms with Gasteiger partial charge < -0.3 is 9.84 Å². The SMILES string of the molecule is O=C(OCCCO)c1cccc(N2C(=O)c3ccc(C(c4ccc5c(c4)C(=O)NC5=O)(C(F)(F)F)C(F)(F)F)cc3C2=O)c1. The summed E-state index contributed by atoms with van der Waals surface area (Å²) in [4.78, 5) is 63.3. The van der Waals surface area contributed by atoms with Gasteiger partial charge in [0.05, 0.1) is 40.1 Å². The summed E-state index contributed by atoms with van der Waals surface area (Å²) in [5.41, 5.74) is -10.4. The van der Waals surface area contributed by atoms with Crippen LogP contribution in [0.1, 0.15) is 69.3 Å². The zero-order valence-corrected chi connectivity index (χ0v) is 22.0. The first-order chi connectivity index (χ1) is 20.6. The Balaban J connectivity index is 1.62. The van der Waals surface area contributed by atoms with E-state index in [1.807, 2.05) is 0 Å². The van der Waals surface area contributed by atoms with Crippen molar-refractivity contribution in [1.82, 2.24) is 5.32 Å². The maximum Gasteiger partial charge on any atom is 0.411 e. The number of imide groups is 2. The number of nitrogens with one attached hydrogen (secondary N) is 1. The van der Waals surface area contributed by atoms with Crippen molar-refractivity contribution in [2.24, 2.45) is 0 Å². The molecule has 2 N–H and O–H groups in total. The smallest absolute Gasteiger partial charge is 0.411 e. The van der Waals surface area contributed by atoms with Crippen LogP contribution in [0.15, 0.2) is 60.7 Å². The predicted molar refractivity (Wildman–Crippen MR) is 137 cm³/mol. The molecule has 44 heavy (non-hydrogen) atoms. The lowest BCUT2D eigenvalue weighted by Gasteiger charge is -2.38. The minimum absolute atomic E-state index is 0.120. The van der Waals surface area contributed by atoms with E-state index < -0.39 is 80.7 Å². The number of fused-ring (bicyclic) bond motifs is 2. The molecule has 228 valence electrons. The largest absolute Gasteiger partial charge is 0.462 e. The van der Waals surface area contributed by atoms with Gasteiger partial charge in [-0.15, -0.1) is 0 Å². The molecule has 3 aromatic rings. The number of nitrogens with zero attached hydrogens (tertiary/aromatic N) is 1. The number of carbonyl (C=O) groups excluding carboxylic acids is 5. The number of aliphatic hydroxyl groups is 1. The first kappa shape index (κ1) is 30.4. The standard InChI is InChI=1S/C29H18F6N2O7/c30-28(31,32)27(29(33,34)35,15-5-7-18-20(12-15)23(40)36-22(18)39)16-6-8-19-21(13-16)25(42)37(24(19)41)17-4-1-3-14(11-17)26(43)44-10-2-9-38/h1,3-8,11-13,38H,2,9-10H2,(H,36,39,40). The van der Waals surface area contributed by atoms with Crippen molar-refractivity contribution in [2.45, 2.75) is 24.2 Å². The molecule has 0 spiro atoms. The summed E-state index contributed by atoms with van der Waals surface area (Å²) in [5, 5.41) is 10.6. The molecule has 0 saturated heterocycles. The highest BCUT2D eigenvalue weighted by Crippen LogP contribution is 2.57. The zero-order valence-electron chi connectivity index (χ0n) is 22.0. The Hall–Kier alpha value is -5.05. The van der Waals surface area contributed by atoms with Gasteiger partial charge in [0.1, 0.15) is 0 Å². The number of rotatable bonds is 7. The highest BCUT2D eigenvalue weighted by Gasteiger charge is 2.73. The number of aliphatic hydroxyl groups excluding tert-OH is 1. The van der Waals surface area contributed by atoms with Crippen molar-refractivity contribution < 1.29 is 60.2 Å². The summed E-state index contributed by atoms with van der Waals surface area (Å²) in [6.45, 7) is -0.392. The number of hydrogen-bond acceptors (Lipinski definition) is 7. The first-order valence-electron chi connectivity index (χ1n) is 12.7. The normalized spacial score (nSPS) is 14.9. The number of benzene rings is 3. The molecule has 0 unspecified atom stereocenters. The Morgan fingerprint density at radius 3 is 1.93 bits per heavy atom. The van der Waals surface area contributed by atoms with E-state index in [1.165, 1.54) is 18.2 Å². The van der Waals surface area contributed by atoms with Gasteiger partial charge in [-0.3, -0.25) is 24.5 Å². The number of amides is 4. The summed E-state index contributed by atoms with van der Waals surface area (Å²) in [5.74, 6) is -5.38. The quantitative estimate of drug-likeness (QED) is 0.174. The molecule has 2 heterocycles. The predicted octanol–water partition coefficient (Wildman–Crippen LogP) is 4.32. The number of hydrogen-bond donors (Lipinski definition) is 2. The van der Waals surface area contributed by atoms with Gasteiger partial charge in [0.15, 0.2) is 0 Å². The molecule has 0 aliphatic carbocycles. The van der Waals surface area contributed by atoms with Gasteiger partial charge in [-0.05, 0) is 53.6 Å². The molecule has 3 aromatic carbocycles. The second-order valence-corrected chi connectivity index (χ2v) is 9.76. The minimum Gasteiger partial charge on any atom is -0.462 e. The molecule has 0 aromatic heterocycles. The van der Waals surface area contributed by atoms with Gasteiger partial charge in [0.2, 0.25) is 5.41 Å². The van der Waals surface area contributed by atoms with E-state index in [0.717, 1.165) is 6.07 Å². The molecule has 0 atom stereocenters. The molecule has 0 fully saturated rings. The van der Waals surface area contributed by atoms with Crippen LogP contribution >= 0.6 is 0 Å². The van der Waals surface area contributed by atoms with E-state index in [2.05, 4.69) is 0 Å². The van der Waals surface area contributed by atoms with E-state index in [-0.39, 0.29) is 30.9 Å². The molecule has 0 radical (unpaired) electrons. The van der Waals surface area contributed by atoms with Crippen molar-refractivity contribution in [3.05, 3.63) is 99.6 Å². The van der Waals surface area contributed by atoms with Gasteiger partial charge in [-0.2, -0.15) is 26.3 Å². The molecular weight excluding hydrogens is 602 g/mol. The molecule has 0 saturated carbocycles. The minimum atomic E-state index is -6.09. The van der Waals surface area contributed by atoms with Crippen LogP contribution < -0.4 is 10.2 Å². The molecule has 0 bridgehead atoms. The van der Waals surface area contributed by atoms with E-state index in [4.69, 9.17) is 9.84 Å². The maximum absolute atomic E-state index is 14.8. The highest BCUT2D eigenvalue weighted by molar-refractivity contribution is 6.34. The van der Waals surface area contributed by atoms with E-state index in [1.54, 1.807) is 5.32 Å². The Kier molecular flexibility index (Phi) is 7.32. The summed E-state index contributed by atoms with van der Waals surface area (Å²) < 4.78 is 93.5. The average molecular weight is 620 g/mol. The van der Waals surface area contributed by atoms with Crippen LogP contribution in [-0.4, -0.2) is 60.3 Å². The van der Waals surface area contributed by atoms with Crippen molar-refractivity contribution in [1.29, 1.82) is 0 Å². The molecule has 5 rings (SSSR count). The Morgan fingerprint density at radius 1 is 0.750 bits per heavy atom. The van der Waals surface area contributed by atoms with Crippen LogP contribution in [0.25, 0.3) is 0 Å². The number of carbonyl (C=O) groups is 5. The van der Waals surface area contributed by atoms with E-state index in [9.17, 15) is 50.3 Å². The third kappa shape index (κ3) is 4.59. The van der Waals surface area contributed by atoms with Crippen molar-refractivity contribution in [3.63, 3.8) is 0 Å². The van der Waals surface area contributed by atoms with Crippen LogP contribution in [0.4, 0.5) is 32.0 Å². The first-order valence-corrected chi connectivity index (χ1v) is 12.7. The number of halogens is 6. The summed E-state index contributed by atoms with van der Waals surface area (Å²) in [6.07, 6.45) is -12.0. The van der Waals surface area contributed by atoms with Crippen molar-refractivity contribution >= 4 is 35.3 Å². The number of alkyl halides is 6. The average Bonchev–Trinajstić information content (AvgIpc) is 3.38. The van der Waals surface area contributed by atoms with Crippen LogP contribution in [-0.2, 0) is 10.2 Å². The topological polar surface area (TPSA) is 130 Å². The second-order valence-electron chi connectivity index (χ2n) is 9.76. The van der Waals surface area contributed by atoms with Crippen LogP contribution in [0, 0.1) is 0 Å². The van der Waals surface area contributed by atoms with Gasteiger partial charge in [-0.25, -0.2) is 9.69 Å². The monoisotopic (exact) mass is 620 g/mol. The summed E-state index contributed by atoms with van der Waals surface area (Å²) in [7, 11) is 0. The number of anilines is 1. The summed E-state index contributed by atoms with van der Waals surface area (Å²) >= 11 is 0. The zero-order chi connectivity index (χ0) is 32.2. The molecular formula is C29H18F6N2O7. The third-order valence-electron chi connectivity index (χ3n) is 7.21. The Bertz CT molecular complexity index is 1730. The lowest BCUT2D eigenvalue weighted by molar-refractivity contribution is -0.288.